The molecule has 0 aliphatic carbocycles. The molecule has 0 bridgehead atoms. The molecule has 5 heteroatoms. The molecule has 0 radical (unpaired) electrons. The number of nitrogens with one attached hydrogen (secondary N) is 1. The highest BCUT2D eigenvalue weighted by atomic mass is 35.5. The number of methoxy groups -OCH3 is 1. The molecule has 2 N–H and O–H groups in total. The number of carbonyl (C=O) groups is 1. The summed E-state index contributed by atoms with van der Waals surface area (Å²) in [7, 11) is 1.23. The monoisotopic (exact) mass is 257 g/mol. The van der Waals surface area contributed by atoms with E-state index < -0.39 is 11.6 Å². The van der Waals surface area contributed by atoms with Gasteiger partial charge in [0.1, 0.15) is 0 Å². The normalized spacial score (nSPS) is 13.9. The number of aryl methyl sites for hydroxylation is 1. The van der Waals surface area contributed by atoms with Crippen molar-refractivity contribution in [3.8, 4) is 0 Å². The van der Waals surface area contributed by atoms with E-state index in [1.165, 1.54) is 14.0 Å². The number of ether oxygens (including phenoxy) is 1. The molecule has 0 heterocycles. The summed E-state index contributed by atoms with van der Waals surface area (Å²) in [6.45, 7) is 3.30. The molecule has 4 nitrogen and oxygen atoms in total. The van der Waals surface area contributed by atoms with Crippen molar-refractivity contribution < 1.29 is 14.6 Å². The van der Waals surface area contributed by atoms with Crippen molar-refractivity contribution in [2.24, 2.45) is 0 Å². The predicted molar refractivity (Wildman–Crippen MR) is 67.3 cm³/mol. The van der Waals surface area contributed by atoms with Gasteiger partial charge in [-0.3, -0.25) is 0 Å². The third-order valence-electron chi connectivity index (χ3n) is 2.44. The van der Waals surface area contributed by atoms with E-state index in [1.807, 2.05) is 19.1 Å². The maximum absolute atomic E-state index is 11.3. The quantitative estimate of drug-likeness (QED) is 0.810. The summed E-state index contributed by atoms with van der Waals surface area (Å²) in [5, 5.41) is 13.3. The second kappa shape index (κ2) is 5.38. The lowest BCUT2D eigenvalue weighted by Gasteiger charge is -2.21. The third-order valence-corrected chi connectivity index (χ3v) is 2.94. The van der Waals surface area contributed by atoms with Crippen molar-refractivity contribution in [3.63, 3.8) is 0 Å². The second-order valence-corrected chi connectivity index (χ2v) is 4.43. The second-order valence-electron chi connectivity index (χ2n) is 4.06. The van der Waals surface area contributed by atoms with E-state index in [1.54, 1.807) is 6.07 Å². The maximum Gasteiger partial charge on any atom is 0.339 e. The van der Waals surface area contributed by atoms with Gasteiger partial charge in [0.25, 0.3) is 0 Å². The van der Waals surface area contributed by atoms with Gasteiger partial charge in [-0.15, -0.1) is 0 Å². The Morgan fingerprint density at radius 2 is 2.24 bits per heavy atom. The van der Waals surface area contributed by atoms with E-state index in [4.69, 9.17) is 11.6 Å². The summed E-state index contributed by atoms with van der Waals surface area (Å²) in [5.74, 6) is -0.686. The van der Waals surface area contributed by atoms with Crippen LogP contribution in [0.3, 0.4) is 0 Å². The Balaban J connectivity index is 2.74. The summed E-state index contributed by atoms with van der Waals surface area (Å²) in [5.41, 5.74) is 0.0205. The maximum atomic E-state index is 11.3. The summed E-state index contributed by atoms with van der Waals surface area (Å²) < 4.78 is 4.50. The van der Waals surface area contributed by atoms with E-state index in [9.17, 15) is 9.90 Å². The Labute approximate surface area is 106 Å². The van der Waals surface area contributed by atoms with Gasteiger partial charge in [-0.1, -0.05) is 23.7 Å². The Morgan fingerprint density at radius 1 is 1.59 bits per heavy atom. The summed E-state index contributed by atoms with van der Waals surface area (Å²) in [4.78, 5) is 11.3. The van der Waals surface area contributed by atoms with Gasteiger partial charge >= 0.3 is 5.97 Å². The van der Waals surface area contributed by atoms with Crippen LogP contribution in [0.5, 0.6) is 0 Å². The number of hydrogen-bond donors (Lipinski definition) is 2. The highest BCUT2D eigenvalue weighted by Crippen LogP contribution is 2.25. The number of carbonyl (C=O) groups excluding carboxylic acids is 1. The topological polar surface area (TPSA) is 58.6 Å². The molecular weight excluding hydrogens is 242 g/mol. The Kier molecular flexibility index (Phi) is 4.37. The predicted octanol–water partition coefficient (Wildman–Crippen LogP) is 1.98. The molecule has 0 saturated carbocycles. The number of aliphatic hydroxyl groups is 1. The van der Waals surface area contributed by atoms with Crippen LogP contribution in [0.1, 0.15) is 12.5 Å². The zero-order valence-corrected chi connectivity index (χ0v) is 10.8. The van der Waals surface area contributed by atoms with Crippen LogP contribution in [-0.4, -0.2) is 30.3 Å². The SMILES string of the molecule is COC(=O)C(C)(O)CNc1cccc(C)c1Cl. The third kappa shape index (κ3) is 3.35. The first-order chi connectivity index (χ1) is 7.88. The van der Waals surface area contributed by atoms with Gasteiger partial charge in [-0.2, -0.15) is 0 Å². The highest BCUT2D eigenvalue weighted by molar-refractivity contribution is 6.34. The molecule has 0 spiro atoms. The molecule has 1 rings (SSSR count). The molecule has 1 aromatic rings. The van der Waals surface area contributed by atoms with Gasteiger partial charge < -0.3 is 15.2 Å². The van der Waals surface area contributed by atoms with Crippen molar-refractivity contribution in [2.45, 2.75) is 19.4 Å². The first kappa shape index (κ1) is 13.8. The molecule has 94 valence electrons. The van der Waals surface area contributed by atoms with E-state index >= 15 is 0 Å². The number of anilines is 1. The fourth-order valence-electron chi connectivity index (χ4n) is 1.34. The van der Waals surface area contributed by atoms with Crippen LogP contribution >= 0.6 is 11.6 Å². The molecular formula is C12H16ClNO3. The summed E-state index contributed by atoms with van der Waals surface area (Å²) in [6.07, 6.45) is 0. The molecule has 17 heavy (non-hydrogen) atoms. The molecule has 1 unspecified atom stereocenters. The number of hydrogen-bond acceptors (Lipinski definition) is 4. The van der Waals surface area contributed by atoms with E-state index in [-0.39, 0.29) is 6.54 Å². The lowest BCUT2D eigenvalue weighted by atomic mass is 10.1. The van der Waals surface area contributed by atoms with Gasteiger partial charge in [0.05, 0.1) is 24.4 Å². The van der Waals surface area contributed by atoms with Crippen LogP contribution in [0.2, 0.25) is 5.02 Å². The smallest absolute Gasteiger partial charge is 0.339 e. The van der Waals surface area contributed by atoms with Crippen molar-refractivity contribution in [3.05, 3.63) is 28.8 Å². The van der Waals surface area contributed by atoms with Crippen LogP contribution in [0.25, 0.3) is 0 Å². The van der Waals surface area contributed by atoms with Crippen molar-refractivity contribution in [2.75, 3.05) is 19.0 Å². The lowest BCUT2D eigenvalue weighted by molar-refractivity contribution is -0.158. The minimum Gasteiger partial charge on any atom is -0.467 e. The number of benzene rings is 1. The zero-order valence-electron chi connectivity index (χ0n) is 10.1. The molecule has 0 fully saturated rings. The van der Waals surface area contributed by atoms with Gasteiger partial charge in [-0.25, -0.2) is 4.79 Å². The summed E-state index contributed by atoms with van der Waals surface area (Å²) in [6, 6.07) is 5.51. The van der Waals surface area contributed by atoms with Crippen molar-refractivity contribution in [1.82, 2.24) is 0 Å². The molecule has 0 aliphatic rings. The molecule has 0 saturated heterocycles. The van der Waals surface area contributed by atoms with Crippen LogP contribution < -0.4 is 5.32 Å². The Morgan fingerprint density at radius 3 is 2.82 bits per heavy atom. The van der Waals surface area contributed by atoms with Crippen LogP contribution in [0.4, 0.5) is 5.69 Å². The van der Waals surface area contributed by atoms with Gasteiger partial charge in [0.15, 0.2) is 5.60 Å². The first-order valence-corrected chi connectivity index (χ1v) is 5.56. The summed E-state index contributed by atoms with van der Waals surface area (Å²) >= 11 is 6.08. The average Bonchev–Trinajstić information content (AvgIpc) is 2.30. The average molecular weight is 258 g/mol. The minimum atomic E-state index is -1.58. The Bertz CT molecular complexity index is 418. The fraction of sp³-hybridized carbons (Fsp3) is 0.417. The fourth-order valence-corrected chi connectivity index (χ4v) is 1.54. The van der Waals surface area contributed by atoms with Gasteiger partial charge in [-0.05, 0) is 25.5 Å². The van der Waals surface area contributed by atoms with Gasteiger partial charge in [0.2, 0.25) is 0 Å². The van der Waals surface area contributed by atoms with E-state index in [0.717, 1.165) is 5.56 Å². The number of esters is 1. The molecule has 0 aromatic heterocycles. The van der Waals surface area contributed by atoms with Crippen molar-refractivity contribution in [1.29, 1.82) is 0 Å². The van der Waals surface area contributed by atoms with Gasteiger partial charge in [0, 0.05) is 0 Å². The highest BCUT2D eigenvalue weighted by Gasteiger charge is 2.31. The zero-order chi connectivity index (χ0) is 13.1. The van der Waals surface area contributed by atoms with Crippen LogP contribution in [0, 0.1) is 6.92 Å². The standard InChI is InChI=1S/C12H16ClNO3/c1-8-5-4-6-9(10(8)13)14-7-12(2,16)11(15)17-3/h4-6,14,16H,7H2,1-3H3. The lowest BCUT2D eigenvalue weighted by Crippen LogP contribution is -2.42. The number of halogens is 1. The largest absolute Gasteiger partial charge is 0.467 e. The van der Waals surface area contributed by atoms with Crippen LogP contribution in [0.15, 0.2) is 18.2 Å². The molecule has 0 amide bonds. The minimum absolute atomic E-state index is 0.0306. The van der Waals surface area contributed by atoms with E-state index in [2.05, 4.69) is 10.1 Å². The molecule has 1 aromatic carbocycles. The number of rotatable bonds is 4. The Hall–Kier alpha value is -1.26. The molecule has 0 aliphatic heterocycles. The molecule has 1 atom stereocenters. The first-order valence-electron chi connectivity index (χ1n) is 5.18. The van der Waals surface area contributed by atoms with Crippen molar-refractivity contribution >= 4 is 23.3 Å². The van der Waals surface area contributed by atoms with E-state index in [0.29, 0.717) is 10.7 Å². The van der Waals surface area contributed by atoms with Crippen LogP contribution in [-0.2, 0) is 9.53 Å².